The summed E-state index contributed by atoms with van der Waals surface area (Å²) in [6, 6.07) is 18.1. The van der Waals surface area contributed by atoms with Crippen molar-refractivity contribution >= 4 is 41.6 Å². The van der Waals surface area contributed by atoms with Crippen molar-refractivity contribution in [2.24, 2.45) is 0 Å². The molecule has 3 aromatic rings. The van der Waals surface area contributed by atoms with Crippen LogP contribution in [-0.4, -0.2) is 49.1 Å². The maximum Gasteiger partial charge on any atom is 0.254 e. The van der Waals surface area contributed by atoms with Crippen LogP contribution in [0.25, 0.3) is 22.2 Å². The van der Waals surface area contributed by atoms with Gasteiger partial charge in [0.1, 0.15) is 5.75 Å². The number of amides is 1. The Hall–Kier alpha value is -2.34. The molecule has 1 saturated heterocycles. The van der Waals surface area contributed by atoms with Gasteiger partial charge in [0.2, 0.25) is 0 Å². The van der Waals surface area contributed by atoms with Crippen LogP contribution in [0.15, 0.2) is 54.6 Å². The quantitative estimate of drug-likeness (QED) is 0.635. The van der Waals surface area contributed by atoms with E-state index in [0.29, 0.717) is 6.04 Å². The van der Waals surface area contributed by atoms with E-state index < -0.39 is 0 Å². The van der Waals surface area contributed by atoms with E-state index in [9.17, 15) is 4.79 Å². The molecular weight excluding hydrogens is 421 g/mol. The van der Waals surface area contributed by atoms with Crippen LogP contribution in [0.2, 0.25) is 0 Å². The summed E-state index contributed by atoms with van der Waals surface area (Å²) in [4.78, 5) is 20.1. The van der Waals surface area contributed by atoms with Crippen molar-refractivity contribution < 1.29 is 9.53 Å². The van der Waals surface area contributed by atoms with Gasteiger partial charge >= 0.3 is 0 Å². The molecule has 1 aliphatic rings. The summed E-state index contributed by atoms with van der Waals surface area (Å²) in [7, 11) is 3.64. The molecule has 1 fully saturated rings. The van der Waals surface area contributed by atoms with E-state index in [1.165, 1.54) is 0 Å². The summed E-state index contributed by atoms with van der Waals surface area (Å²) in [6.07, 6.45) is 1.97. The molecule has 2 aromatic carbocycles. The molecule has 0 atom stereocenters. The molecule has 7 heteroatoms. The predicted octanol–water partition coefficient (Wildman–Crippen LogP) is 4.58. The monoisotopic (exact) mass is 447 g/mol. The van der Waals surface area contributed by atoms with Crippen LogP contribution in [0, 0.1) is 0 Å². The number of carbonyl (C=O) groups excluding carboxylic acids is 1. The lowest BCUT2D eigenvalue weighted by Gasteiger charge is -2.32. The normalized spacial score (nSPS) is 14.0. The number of methoxy groups -OCH3 is 1. The fraction of sp³-hybridized carbons (Fsp3) is 0.304. The van der Waals surface area contributed by atoms with E-state index in [4.69, 9.17) is 9.72 Å². The van der Waals surface area contributed by atoms with E-state index in [-0.39, 0.29) is 30.7 Å². The summed E-state index contributed by atoms with van der Waals surface area (Å²) >= 11 is 0. The number of carbonyl (C=O) groups is 1. The number of para-hydroxylation sites is 1. The molecule has 160 valence electrons. The smallest absolute Gasteiger partial charge is 0.254 e. The van der Waals surface area contributed by atoms with Gasteiger partial charge in [-0.05, 0) is 56.3 Å². The number of halogens is 2. The predicted molar refractivity (Wildman–Crippen MR) is 126 cm³/mol. The highest BCUT2D eigenvalue weighted by Gasteiger charge is 2.24. The molecule has 30 heavy (non-hydrogen) atoms. The zero-order chi connectivity index (χ0) is 19.5. The summed E-state index contributed by atoms with van der Waals surface area (Å²) < 4.78 is 5.25. The first-order valence-corrected chi connectivity index (χ1v) is 9.70. The maximum atomic E-state index is 13.4. The molecule has 0 aliphatic carbocycles. The third-order valence-electron chi connectivity index (χ3n) is 5.52. The van der Waals surface area contributed by atoms with Gasteiger partial charge in [-0.25, -0.2) is 4.98 Å². The molecular formula is C23H27Cl2N3O2. The number of piperidine rings is 1. The number of likely N-dealkylation sites (tertiary alicyclic amines) is 1. The Kier molecular flexibility index (Phi) is 8.47. The van der Waals surface area contributed by atoms with Crippen LogP contribution in [0.1, 0.15) is 23.2 Å². The van der Waals surface area contributed by atoms with Gasteiger partial charge < -0.3 is 15.0 Å². The summed E-state index contributed by atoms with van der Waals surface area (Å²) in [5.74, 6) is 0.885. The van der Waals surface area contributed by atoms with Crippen LogP contribution in [-0.2, 0) is 0 Å². The van der Waals surface area contributed by atoms with Crippen LogP contribution in [0.4, 0.5) is 0 Å². The average Bonchev–Trinajstić information content (AvgIpc) is 2.78. The highest BCUT2D eigenvalue weighted by atomic mass is 35.5. The second kappa shape index (κ2) is 10.6. The Bertz CT molecular complexity index is 987. The Morgan fingerprint density at radius 2 is 1.73 bits per heavy atom. The lowest BCUT2D eigenvalue weighted by molar-refractivity contribution is 0.0709. The average molecular weight is 448 g/mol. The fourth-order valence-electron chi connectivity index (χ4n) is 3.80. The molecule has 0 radical (unpaired) electrons. The van der Waals surface area contributed by atoms with Gasteiger partial charge in [0.05, 0.1) is 23.9 Å². The minimum absolute atomic E-state index is 0. The van der Waals surface area contributed by atoms with E-state index in [1.807, 2.05) is 66.5 Å². The standard InChI is InChI=1S/C23H25N3O2.2ClH/c1-24-17-11-13-26(14-12-17)23(27)20-15-22(16-7-9-18(28-2)10-8-16)25-21-6-4-3-5-19(20)21;;/h3-10,15,17,24H,11-14H2,1-2H3;2*1H. The van der Waals surface area contributed by atoms with E-state index in [2.05, 4.69) is 5.32 Å². The molecule has 1 aliphatic heterocycles. The molecule has 1 N–H and O–H groups in total. The molecule has 1 aromatic heterocycles. The molecule has 0 spiro atoms. The van der Waals surface area contributed by atoms with Crippen molar-refractivity contribution in [2.75, 3.05) is 27.2 Å². The lowest BCUT2D eigenvalue weighted by atomic mass is 10.0. The van der Waals surface area contributed by atoms with Crippen LogP contribution >= 0.6 is 24.8 Å². The zero-order valence-electron chi connectivity index (χ0n) is 17.1. The minimum Gasteiger partial charge on any atom is -0.497 e. The summed E-state index contributed by atoms with van der Waals surface area (Å²) in [5, 5.41) is 4.22. The molecule has 0 saturated carbocycles. The fourth-order valence-corrected chi connectivity index (χ4v) is 3.80. The Morgan fingerprint density at radius 3 is 2.37 bits per heavy atom. The van der Waals surface area contributed by atoms with Gasteiger partial charge in [-0.2, -0.15) is 0 Å². The Morgan fingerprint density at radius 1 is 1.07 bits per heavy atom. The molecule has 0 bridgehead atoms. The zero-order valence-corrected chi connectivity index (χ0v) is 18.8. The van der Waals surface area contributed by atoms with E-state index in [1.54, 1.807) is 7.11 Å². The molecule has 5 nitrogen and oxygen atoms in total. The van der Waals surface area contributed by atoms with Crippen LogP contribution < -0.4 is 10.1 Å². The number of benzene rings is 2. The van der Waals surface area contributed by atoms with Gasteiger partial charge in [0, 0.05) is 30.1 Å². The van der Waals surface area contributed by atoms with Gasteiger partial charge in [-0.15, -0.1) is 24.8 Å². The third-order valence-corrected chi connectivity index (χ3v) is 5.52. The SMILES string of the molecule is CNC1CCN(C(=O)c2cc(-c3ccc(OC)cc3)nc3ccccc23)CC1.Cl.Cl. The first-order chi connectivity index (χ1) is 13.7. The van der Waals surface area contributed by atoms with Gasteiger partial charge in [-0.3, -0.25) is 4.79 Å². The van der Waals surface area contributed by atoms with Crippen LogP contribution in [0.5, 0.6) is 5.75 Å². The number of ether oxygens (including phenoxy) is 1. The van der Waals surface area contributed by atoms with E-state index in [0.717, 1.165) is 59.4 Å². The largest absolute Gasteiger partial charge is 0.497 e. The maximum absolute atomic E-state index is 13.4. The van der Waals surface area contributed by atoms with E-state index >= 15 is 0 Å². The highest BCUT2D eigenvalue weighted by molar-refractivity contribution is 6.07. The van der Waals surface area contributed by atoms with Gasteiger partial charge in [0.25, 0.3) is 5.91 Å². The van der Waals surface area contributed by atoms with Crippen molar-refractivity contribution in [3.63, 3.8) is 0 Å². The second-order valence-electron chi connectivity index (χ2n) is 7.16. The number of hydrogen-bond donors (Lipinski definition) is 1. The van der Waals surface area contributed by atoms with Crippen molar-refractivity contribution in [3.8, 4) is 17.0 Å². The van der Waals surface area contributed by atoms with Gasteiger partial charge in [0.15, 0.2) is 0 Å². The summed E-state index contributed by atoms with van der Waals surface area (Å²) in [6.45, 7) is 1.55. The van der Waals surface area contributed by atoms with Crippen LogP contribution in [0.3, 0.4) is 0 Å². The van der Waals surface area contributed by atoms with Crippen molar-refractivity contribution in [2.45, 2.75) is 18.9 Å². The lowest BCUT2D eigenvalue weighted by Crippen LogP contribution is -2.44. The molecule has 1 amide bonds. The van der Waals surface area contributed by atoms with Gasteiger partial charge in [-0.1, -0.05) is 18.2 Å². The topological polar surface area (TPSA) is 54.5 Å². The van der Waals surface area contributed by atoms with Crippen molar-refractivity contribution in [3.05, 3.63) is 60.2 Å². The number of rotatable bonds is 4. The number of aromatic nitrogens is 1. The number of nitrogens with zero attached hydrogens (tertiary/aromatic N) is 2. The number of hydrogen-bond acceptors (Lipinski definition) is 4. The minimum atomic E-state index is 0. The third kappa shape index (κ3) is 4.86. The number of fused-ring (bicyclic) bond motifs is 1. The summed E-state index contributed by atoms with van der Waals surface area (Å²) in [5.41, 5.74) is 3.33. The Balaban J connectivity index is 0.00000160. The number of nitrogens with one attached hydrogen (secondary N) is 1. The molecule has 4 rings (SSSR count). The molecule has 0 unspecified atom stereocenters. The molecule has 2 heterocycles. The number of pyridine rings is 1. The highest BCUT2D eigenvalue weighted by Crippen LogP contribution is 2.27. The Labute approximate surface area is 189 Å². The van der Waals surface area contributed by atoms with Crippen molar-refractivity contribution in [1.82, 2.24) is 15.2 Å². The van der Waals surface area contributed by atoms with Crippen molar-refractivity contribution in [1.29, 1.82) is 0 Å². The second-order valence-corrected chi connectivity index (χ2v) is 7.16. The first-order valence-electron chi connectivity index (χ1n) is 9.70. The first kappa shape index (κ1) is 23.9.